The first-order valence-corrected chi connectivity index (χ1v) is 8.52. The van der Waals surface area contributed by atoms with Crippen LogP contribution in [0.15, 0.2) is 16.5 Å². The molecule has 0 bridgehead atoms. The number of nitrogens with zero attached hydrogens (tertiary/aromatic N) is 2. The van der Waals surface area contributed by atoms with Gasteiger partial charge in [0.15, 0.2) is 0 Å². The number of likely N-dealkylation sites (tertiary alicyclic amines) is 1. The maximum absolute atomic E-state index is 12.5. The van der Waals surface area contributed by atoms with Crippen LogP contribution in [0, 0.1) is 6.92 Å². The second-order valence-electron chi connectivity index (χ2n) is 6.30. The van der Waals surface area contributed by atoms with E-state index in [9.17, 15) is 14.4 Å². The van der Waals surface area contributed by atoms with Gasteiger partial charge >= 0.3 is 0 Å². The molecule has 0 unspecified atom stereocenters. The summed E-state index contributed by atoms with van der Waals surface area (Å²) in [6, 6.07) is 3.07. The van der Waals surface area contributed by atoms with Crippen LogP contribution >= 0.6 is 0 Å². The highest BCUT2D eigenvalue weighted by atomic mass is 16.5. The molecule has 25 heavy (non-hydrogen) atoms. The van der Waals surface area contributed by atoms with Crippen molar-refractivity contribution < 1.29 is 23.5 Å². The van der Waals surface area contributed by atoms with Crippen molar-refractivity contribution in [2.24, 2.45) is 0 Å². The van der Waals surface area contributed by atoms with Gasteiger partial charge in [-0.05, 0) is 25.5 Å². The van der Waals surface area contributed by atoms with Crippen molar-refractivity contribution in [2.45, 2.75) is 32.4 Å². The van der Waals surface area contributed by atoms with Crippen LogP contribution in [0.2, 0.25) is 0 Å². The number of ether oxygens (including phenoxy) is 1. The van der Waals surface area contributed by atoms with Crippen LogP contribution in [0.1, 0.15) is 24.4 Å². The second-order valence-corrected chi connectivity index (χ2v) is 6.30. The largest absolute Gasteiger partial charge is 0.464 e. The van der Waals surface area contributed by atoms with Crippen molar-refractivity contribution in [3.63, 3.8) is 0 Å². The minimum Gasteiger partial charge on any atom is -0.464 e. The maximum atomic E-state index is 12.5. The van der Waals surface area contributed by atoms with E-state index in [0.29, 0.717) is 44.9 Å². The third kappa shape index (κ3) is 4.19. The molecule has 1 aromatic rings. The highest BCUT2D eigenvalue weighted by Gasteiger charge is 2.36. The van der Waals surface area contributed by atoms with Gasteiger partial charge in [0.25, 0.3) is 0 Å². The van der Waals surface area contributed by atoms with E-state index >= 15 is 0 Å². The van der Waals surface area contributed by atoms with E-state index in [2.05, 4.69) is 5.32 Å². The first-order chi connectivity index (χ1) is 12.0. The van der Waals surface area contributed by atoms with Gasteiger partial charge in [-0.1, -0.05) is 0 Å². The summed E-state index contributed by atoms with van der Waals surface area (Å²) < 4.78 is 10.7. The zero-order chi connectivity index (χ0) is 17.8. The summed E-state index contributed by atoms with van der Waals surface area (Å²) in [4.78, 5) is 39.9. The number of hydrogen-bond donors (Lipinski definition) is 1. The number of amides is 3. The Balaban J connectivity index is 1.54. The highest BCUT2D eigenvalue weighted by molar-refractivity contribution is 5.92. The molecule has 2 fully saturated rings. The van der Waals surface area contributed by atoms with Crippen LogP contribution in [-0.2, 0) is 25.7 Å². The molecule has 3 amide bonds. The standard InChI is InChI=1S/C17H23N3O5/c1-12-2-3-13(25-12)11-20-14(4-5-15(20)21)17(23)18-10-16(22)19-6-8-24-9-7-19/h2-3,14H,4-11H2,1H3,(H,18,23)/t14-/m0/s1. The van der Waals surface area contributed by atoms with Crippen molar-refractivity contribution >= 4 is 17.7 Å². The molecule has 136 valence electrons. The first kappa shape index (κ1) is 17.5. The molecule has 0 aliphatic carbocycles. The average Bonchev–Trinajstić information content (AvgIpc) is 3.20. The number of rotatable bonds is 5. The molecule has 0 aromatic carbocycles. The van der Waals surface area contributed by atoms with Crippen molar-refractivity contribution in [3.8, 4) is 0 Å². The smallest absolute Gasteiger partial charge is 0.243 e. The lowest BCUT2D eigenvalue weighted by Gasteiger charge is -2.27. The molecule has 1 atom stereocenters. The fraction of sp³-hybridized carbons (Fsp3) is 0.588. The van der Waals surface area contributed by atoms with Crippen LogP contribution in [0.3, 0.4) is 0 Å². The summed E-state index contributed by atoms with van der Waals surface area (Å²) in [5.74, 6) is 0.910. The molecule has 0 saturated carbocycles. The Bertz CT molecular complexity index is 650. The number of furan rings is 1. The number of nitrogens with one attached hydrogen (secondary N) is 1. The molecule has 1 aromatic heterocycles. The van der Waals surface area contributed by atoms with Crippen molar-refractivity contribution in [1.29, 1.82) is 0 Å². The van der Waals surface area contributed by atoms with Crippen LogP contribution in [-0.4, -0.2) is 66.4 Å². The van der Waals surface area contributed by atoms with E-state index in [0.717, 1.165) is 5.76 Å². The second kappa shape index (κ2) is 7.69. The summed E-state index contributed by atoms with van der Waals surface area (Å²) in [6.07, 6.45) is 0.783. The van der Waals surface area contributed by atoms with Gasteiger partial charge in [0.2, 0.25) is 17.7 Å². The molecule has 0 spiro atoms. The van der Waals surface area contributed by atoms with Gasteiger partial charge in [0, 0.05) is 19.5 Å². The van der Waals surface area contributed by atoms with E-state index in [4.69, 9.17) is 9.15 Å². The van der Waals surface area contributed by atoms with Gasteiger partial charge in [-0.15, -0.1) is 0 Å². The van der Waals surface area contributed by atoms with Gasteiger partial charge in [-0.25, -0.2) is 0 Å². The Labute approximate surface area is 146 Å². The van der Waals surface area contributed by atoms with Crippen molar-refractivity contribution in [2.75, 3.05) is 32.8 Å². The first-order valence-electron chi connectivity index (χ1n) is 8.52. The zero-order valence-electron chi connectivity index (χ0n) is 14.3. The van der Waals surface area contributed by atoms with Crippen molar-refractivity contribution in [3.05, 3.63) is 23.7 Å². The SMILES string of the molecule is Cc1ccc(CN2C(=O)CC[C@H]2C(=O)NCC(=O)N2CCOCC2)o1. The molecule has 8 heteroatoms. The summed E-state index contributed by atoms with van der Waals surface area (Å²) in [7, 11) is 0. The number of aryl methyl sites for hydroxylation is 1. The highest BCUT2D eigenvalue weighted by Crippen LogP contribution is 2.22. The fourth-order valence-electron chi connectivity index (χ4n) is 3.15. The van der Waals surface area contributed by atoms with Gasteiger partial charge in [0.1, 0.15) is 17.6 Å². The minimum absolute atomic E-state index is 0.0583. The van der Waals surface area contributed by atoms with Gasteiger partial charge in [-0.3, -0.25) is 14.4 Å². The van der Waals surface area contributed by atoms with E-state index in [-0.39, 0.29) is 30.8 Å². The van der Waals surface area contributed by atoms with Crippen LogP contribution in [0.4, 0.5) is 0 Å². The molecule has 1 N–H and O–H groups in total. The van der Waals surface area contributed by atoms with Gasteiger partial charge in [-0.2, -0.15) is 0 Å². The summed E-state index contributed by atoms with van der Waals surface area (Å²) in [6.45, 7) is 4.16. The van der Waals surface area contributed by atoms with Gasteiger partial charge < -0.3 is 24.3 Å². The lowest BCUT2D eigenvalue weighted by atomic mass is 10.2. The quantitative estimate of drug-likeness (QED) is 0.811. The number of carbonyl (C=O) groups is 3. The lowest BCUT2D eigenvalue weighted by Crippen LogP contribution is -2.49. The summed E-state index contributed by atoms with van der Waals surface area (Å²) in [5, 5.41) is 2.67. The average molecular weight is 349 g/mol. The normalized spacial score (nSPS) is 20.8. The molecule has 2 aliphatic rings. The predicted octanol–water partition coefficient (Wildman–Crippen LogP) is 0.0540. The third-order valence-electron chi connectivity index (χ3n) is 4.53. The van der Waals surface area contributed by atoms with E-state index in [1.807, 2.05) is 13.0 Å². The van der Waals surface area contributed by atoms with Crippen LogP contribution < -0.4 is 5.32 Å². The third-order valence-corrected chi connectivity index (χ3v) is 4.53. The van der Waals surface area contributed by atoms with Crippen LogP contribution in [0.25, 0.3) is 0 Å². The van der Waals surface area contributed by atoms with E-state index < -0.39 is 6.04 Å². The topological polar surface area (TPSA) is 92.1 Å². The Morgan fingerprint density at radius 3 is 2.72 bits per heavy atom. The molecule has 8 nitrogen and oxygen atoms in total. The monoisotopic (exact) mass is 349 g/mol. The molecule has 0 radical (unpaired) electrons. The molecule has 3 rings (SSSR count). The zero-order valence-corrected chi connectivity index (χ0v) is 14.3. The minimum atomic E-state index is -0.560. The van der Waals surface area contributed by atoms with Crippen molar-refractivity contribution in [1.82, 2.24) is 15.1 Å². The molecule has 2 saturated heterocycles. The lowest BCUT2D eigenvalue weighted by molar-refractivity contribution is -0.138. The van der Waals surface area contributed by atoms with E-state index in [1.165, 1.54) is 4.90 Å². The molecular weight excluding hydrogens is 326 g/mol. The predicted molar refractivity (Wildman–Crippen MR) is 87.4 cm³/mol. The Morgan fingerprint density at radius 1 is 1.28 bits per heavy atom. The molecule has 2 aliphatic heterocycles. The molecule has 3 heterocycles. The Hall–Kier alpha value is -2.35. The Kier molecular flexibility index (Phi) is 5.37. The molecular formula is C17H23N3O5. The summed E-state index contributed by atoms with van der Waals surface area (Å²) >= 11 is 0. The Morgan fingerprint density at radius 2 is 2.04 bits per heavy atom. The van der Waals surface area contributed by atoms with Crippen LogP contribution in [0.5, 0.6) is 0 Å². The number of hydrogen-bond acceptors (Lipinski definition) is 5. The van der Waals surface area contributed by atoms with Gasteiger partial charge in [0.05, 0.1) is 26.3 Å². The fourth-order valence-corrected chi connectivity index (χ4v) is 3.15. The maximum Gasteiger partial charge on any atom is 0.243 e. The summed E-state index contributed by atoms with van der Waals surface area (Å²) in [5.41, 5.74) is 0. The van der Waals surface area contributed by atoms with E-state index in [1.54, 1.807) is 11.0 Å². The number of morpholine rings is 1. The number of carbonyl (C=O) groups excluding carboxylic acids is 3.